The molecule has 5 nitrogen and oxygen atoms in total. The molecule has 0 aliphatic heterocycles. The molecule has 3 rings (SSSR count). The lowest BCUT2D eigenvalue weighted by molar-refractivity contribution is -0.137. The second-order valence-corrected chi connectivity index (χ2v) is 6.00. The van der Waals surface area contributed by atoms with Crippen LogP contribution in [-0.4, -0.2) is 25.5 Å². The van der Waals surface area contributed by atoms with E-state index in [2.05, 4.69) is 0 Å². The number of ketones is 1. The van der Waals surface area contributed by atoms with Crippen LogP contribution < -0.4 is 4.74 Å². The van der Waals surface area contributed by atoms with Crippen molar-refractivity contribution >= 4 is 28.6 Å². The van der Waals surface area contributed by atoms with E-state index in [1.165, 1.54) is 6.08 Å². The van der Waals surface area contributed by atoms with Crippen molar-refractivity contribution in [2.75, 3.05) is 13.7 Å². The summed E-state index contributed by atoms with van der Waals surface area (Å²) >= 11 is 0. The summed E-state index contributed by atoms with van der Waals surface area (Å²) in [6.45, 7) is -0.432. The summed E-state index contributed by atoms with van der Waals surface area (Å²) in [5.74, 6) is -0.507. The SMILES string of the molecule is COc1ccc(/C=C(\C#N)C(=O)OCC(=O)c2ccc3ccccc3c2)cc1. The first-order chi connectivity index (χ1) is 13.6. The number of hydrogen-bond donors (Lipinski definition) is 0. The summed E-state index contributed by atoms with van der Waals surface area (Å²) in [5.41, 5.74) is 0.913. The molecule has 0 saturated heterocycles. The van der Waals surface area contributed by atoms with Crippen LogP contribution in [0.2, 0.25) is 0 Å². The lowest BCUT2D eigenvalue weighted by Crippen LogP contribution is -2.15. The van der Waals surface area contributed by atoms with Crippen LogP contribution in [0.5, 0.6) is 5.75 Å². The molecule has 3 aromatic carbocycles. The van der Waals surface area contributed by atoms with Crippen molar-refractivity contribution in [1.29, 1.82) is 5.26 Å². The molecular weight excluding hydrogens is 354 g/mol. The molecule has 0 N–H and O–H groups in total. The molecule has 0 aliphatic carbocycles. The third kappa shape index (κ3) is 4.43. The molecule has 0 aromatic heterocycles. The predicted octanol–water partition coefficient (Wildman–Crippen LogP) is 4.18. The average molecular weight is 371 g/mol. The Hall–Kier alpha value is -3.91. The van der Waals surface area contributed by atoms with Crippen LogP contribution in [0.25, 0.3) is 16.8 Å². The molecule has 0 unspecified atom stereocenters. The third-order valence-electron chi connectivity index (χ3n) is 4.17. The highest BCUT2D eigenvalue weighted by Gasteiger charge is 2.14. The van der Waals surface area contributed by atoms with Crippen LogP contribution >= 0.6 is 0 Å². The molecule has 138 valence electrons. The highest BCUT2D eigenvalue weighted by atomic mass is 16.5. The summed E-state index contributed by atoms with van der Waals surface area (Å²) in [4.78, 5) is 24.5. The van der Waals surface area contributed by atoms with Gasteiger partial charge in [0.15, 0.2) is 12.4 Å². The molecule has 5 heteroatoms. The minimum Gasteiger partial charge on any atom is -0.497 e. The Morgan fingerprint density at radius 1 is 1.00 bits per heavy atom. The van der Waals surface area contributed by atoms with Crippen molar-refractivity contribution in [3.8, 4) is 11.8 Å². The minimum atomic E-state index is -0.840. The fourth-order valence-corrected chi connectivity index (χ4v) is 2.66. The quantitative estimate of drug-likeness (QED) is 0.281. The molecular formula is C23H17NO4. The maximum atomic E-state index is 12.3. The maximum absolute atomic E-state index is 12.3. The molecule has 0 spiro atoms. The van der Waals surface area contributed by atoms with Gasteiger partial charge in [0.05, 0.1) is 7.11 Å². The Balaban J connectivity index is 1.67. The van der Waals surface area contributed by atoms with Gasteiger partial charge in [-0.1, -0.05) is 48.5 Å². The van der Waals surface area contributed by atoms with E-state index >= 15 is 0 Å². The zero-order chi connectivity index (χ0) is 19.9. The number of carbonyl (C=O) groups excluding carboxylic acids is 2. The number of ether oxygens (including phenoxy) is 2. The van der Waals surface area contributed by atoms with E-state index in [0.29, 0.717) is 16.9 Å². The van der Waals surface area contributed by atoms with E-state index in [9.17, 15) is 14.9 Å². The second-order valence-electron chi connectivity index (χ2n) is 6.00. The number of Topliss-reactive ketones (excluding diaryl/α,β-unsaturated/α-hetero) is 1. The van der Waals surface area contributed by atoms with Crippen molar-refractivity contribution < 1.29 is 19.1 Å². The summed E-state index contributed by atoms with van der Waals surface area (Å²) < 4.78 is 10.1. The molecule has 0 amide bonds. The van der Waals surface area contributed by atoms with E-state index in [1.807, 2.05) is 36.4 Å². The zero-order valence-corrected chi connectivity index (χ0v) is 15.2. The number of esters is 1. The van der Waals surface area contributed by atoms with Crippen LogP contribution in [0.1, 0.15) is 15.9 Å². The number of rotatable bonds is 6. The summed E-state index contributed by atoms with van der Waals surface area (Å²) in [6.07, 6.45) is 1.41. The lowest BCUT2D eigenvalue weighted by atomic mass is 10.0. The van der Waals surface area contributed by atoms with Gasteiger partial charge in [0, 0.05) is 5.56 Å². The Morgan fingerprint density at radius 3 is 2.39 bits per heavy atom. The van der Waals surface area contributed by atoms with Gasteiger partial charge in [-0.25, -0.2) is 4.79 Å². The molecule has 3 aromatic rings. The summed E-state index contributed by atoms with van der Waals surface area (Å²) in [6, 6.07) is 21.6. The van der Waals surface area contributed by atoms with Gasteiger partial charge in [0.25, 0.3) is 0 Å². The van der Waals surface area contributed by atoms with Crippen molar-refractivity contribution in [3.05, 3.63) is 83.4 Å². The molecule has 0 bridgehead atoms. The lowest BCUT2D eigenvalue weighted by Gasteiger charge is -2.05. The van der Waals surface area contributed by atoms with E-state index in [0.717, 1.165) is 10.8 Å². The number of nitrogens with zero attached hydrogens (tertiary/aromatic N) is 1. The first-order valence-electron chi connectivity index (χ1n) is 8.55. The predicted molar refractivity (Wildman–Crippen MR) is 106 cm³/mol. The van der Waals surface area contributed by atoms with Gasteiger partial charge in [0.1, 0.15) is 17.4 Å². The molecule has 0 saturated carbocycles. The minimum absolute atomic E-state index is 0.184. The van der Waals surface area contributed by atoms with E-state index in [-0.39, 0.29) is 11.4 Å². The summed E-state index contributed by atoms with van der Waals surface area (Å²) in [5, 5.41) is 11.2. The molecule has 0 heterocycles. The second kappa shape index (κ2) is 8.65. The number of methoxy groups -OCH3 is 1. The topological polar surface area (TPSA) is 76.4 Å². The normalized spacial score (nSPS) is 10.9. The summed E-state index contributed by atoms with van der Waals surface area (Å²) in [7, 11) is 1.55. The standard InChI is InChI=1S/C23H17NO4/c1-27-21-10-6-16(7-11-21)12-20(14-24)23(26)28-15-22(25)19-9-8-17-4-2-3-5-18(17)13-19/h2-13H,15H2,1H3/b20-12+. The third-order valence-corrected chi connectivity index (χ3v) is 4.17. The Bertz CT molecular complexity index is 1090. The highest BCUT2D eigenvalue weighted by Crippen LogP contribution is 2.17. The van der Waals surface area contributed by atoms with E-state index < -0.39 is 12.6 Å². The molecule has 28 heavy (non-hydrogen) atoms. The van der Waals surface area contributed by atoms with Crippen molar-refractivity contribution in [2.45, 2.75) is 0 Å². The fraction of sp³-hybridized carbons (Fsp3) is 0.0870. The first kappa shape index (κ1) is 18.9. The van der Waals surface area contributed by atoms with Gasteiger partial charge in [-0.2, -0.15) is 5.26 Å². The van der Waals surface area contributed by atoms with Crippen molar-refractivity contribution in [2.24, 2.45) is 0 Å². The maximum Gasteiger partial charge on any atom is 0.349 e. The number of nitriles is 1. The monoisotopic (exact) mass is 371 g/mol. The molecule has 0 aliphatic rings. The Kier molecular flexibility index (Phi) is 5.83. The van der Waals surface area contributed by atoms with Crippen LogP contribution in [-0.2, 0) is 9.53 Å². The molecule has 0 radical (unpaired) electrons. The van der Waals surface area contributed by atoms with Crippen LogP contribution in [0, 0.1) is 11.3 Å². The highest BCUT2D eigenvalue weighted by molar-refractivity contribution is 6.03. The molecule has 0 atom stereocenters. The number of benzene rings is 3. The fourth-order valence-electron chi connectivity index (χ4n) is 2.66. The largest absolute Gasteiger partial charge is 0.497 e. The van der Waals surface area contributed by atoms with Gasteiger partial charge in [-0.15, -0.1) is 0 Å². The first-order valence-corrected chi connectivity index (χ1v) is 8.55. The number of carbonyl (C=O) groups is 2. The van der Waals surface area contributed by atoms with Gasteiger partial charge in [0.2, 0.25) is 0 Å². The number of hydrogen-bond acceptors (Lipinski definition) is 5. The van der Waals surface area contributed by atoms with Crippen LogP contribution in [0.4, 0.5) is 0 Å². The van der Waals surface area contributed by atoms with Gasteiger partial charge < -0.3 is 9.47 Å². The van der Waals surface area contributed by atoms with Crippen LogP contribution in [0.3, 0.4) is 0 Å². The van der Waals surface area contributed by atoms with Gasteiger partial charge >= 0.3 is 5.97 Å². The van der Waals surface area contributed by atoms with Crippen molar-refractivity contribution in [3.63, 3.8) is 0 Å². The van der Waals surface area contributed by atoms with Crippen LogP contribution in [0.15, 0.2) is 72.3 Å². The smallest absolute Gasteiger partial charge is 0.349 e. The van der Waals surface area contributed by atoms with Gasteiger partial charge in [-0.05, 0) is 40.6 Å². The Labute approximate surface area is 162 Å². The van der Waals surface area contributed by atoms with Gasteiger partial charge in [-0.3, -0.25) is 4.79 Å². The van der Waals surface area contributed by atoms with E-state index in [4.69, 9.17) is 9.47 Å². The van der Waals surface area contributed by atoms with E-state index in [1.54, 1.807) is 43.5 Å². The molecule has 0 fully saturated rings. The zero-order valence-electron chi connectivity index (χ0n) is 15.2. The average Bonchev–Trinajstić information content (AvgIpc) is 2.75. The van der Waals surface area contributed by atoms with Crippen molar-refractivity contribution in [1.82, 2.24) is 0 Å². The number of fused-ring (bicyclic) bond motifs is 1. The Morgan fingerprint density at radius 2 is 1.71 bits per heavy atom.